The Morgan fingerprint density at radius 1 is 1.22 bits per heavy atom. The van der Waals surface area contributed by atoms with E-state index in [1.54, 1.807) is 0 Å². The van der Waals surface area contributed by atoms with Crippen LogP contribution in [0.4, 0.5) is 0 Å². The van der Waals surface area contributed by atoms with E-state index in [0.717, 1.165) is 18.9 Å². The minimum Gasteiger partial charge on any atom is -0.375 e. The number of hydrogen-bond acceptors (Lipinski definition) is 3. The Balaban J connectivity index is 1.60. The smallest absolute Gasteiger partial charge is 0.0641 e. The predicted octanol–water partition coefficient (Wildman–Crippen LogP) is 2.27. The van der Waals surface area contributed by atoms with Gasteiger partial charge in [0.05, 0.1) is 5.60 Å². The zero-order chi connectivity index (χ0) is 13.0. The zero-order valence-corrected chi connectivity index (χ0v) is 12.4. The lowest BCUT2D eigenvalue weighted by Crippen LogP contribution is -2.44. The Kier molecular flexibility index (Phi) is 5.05. The summed E-state index contributed by atoms with van der Waals surface area (Å²) in [6, 6.07) is 0.667. The van der Waals surface area contributed by atoms with Gasteiger partial charge in [0.25, 0.3) is 0 Å². The molecular formula is C15H30N2O. The molecule has 0 saturated carbocycles. The number of piperidine rings is 1. The van der Waals surface area contributed by atoms with Gasteiger partial charge in [-0.15, -0.1) is 0 Å². The van der Waals surface area contributed by atoms with E-state index in [9.17, 15) is 0 Å². The molecule has 2 saturated heterocycles. The van der Waals surface area contributed by atoms with E-state index in [2.05, 4.69) is 31.1 Å². The first-order chi connectivity index (χ1) is 8.55. The van der Waals surface area contributed by atoms with Crippen molar-refractivity contribution in [2.45, 2.75) is 57.6 Å². The fraction of sp³-hybridized carbons (Fsp3) is 1.00. The van der Waals surface area contributed by atoms with Gasteiger partial charge >= 0.3 is 0 Å². The largest absolute Gasteiger partial charge is 0.375 e. The van der Waals surface area contributed by atoms with Crippen molar-refractivity contribution in [3.63, 3.8) is 0 Å². The molecule has 2 aliphatic heterocycles. The Bertz CT molecular complexity index is 247. The van der Waals surface area contributed by atoms with Gasteiger partial charge in [0.15, 0.2) is 0 Å². The molecule has 0 amide bonds. The first kappa shape index (κ1) is 14.3. The van der Waals surface area contributed by atoms with Crippen molar-refractivity contribution in [1.82, 2.24) is 10.2 Å². The molecule has 2 aliphatic rings. The predicted molar refractivity (Wildman–Crippen MR) is 75.9 cm³/mol. The van der Waals surface area contributed by atoms with E-state index in [0.29, 0.717) is 6.04 Å². The third kappa shape index (κ3) is 4.52. The molecule has 0 aromatic heterocycles. The molecule has 0 radical (unpaired) electrons. The van der Waals surface area contributed by atoms with Gasteiger partial charge in [-0.1, -0.05) is 0 Å². The summed E-state index contributed by atoms with van der Waals surface area (Å²) in [6.45, 7) is 9.09. The minimum atomic E-state index is 0.0729. The van der Waals surface area contributed by atoms with Crippen LogP contribution >= 0.6 is 0 Å². The van der Waals surface area contributed by atoms with Crippen LogP contribution in [0.5, 0.6) is 0 Å². The molecule has 2 heterocycles. The molecule has 2 fully saturated rings. The van der Waals surface area contributed by atoms with Crippen LogP contribution in [0.25, 0.3) is 0 Å². The maximum Gasteiger partial charge on any atom is 0.0641 e. The van der Waals surface area contributed by atoms with Gasteiger partial charge in [0.2, 0.25) is 0 Å². The molecular weight excluding hydrogens is 224 g/mol. The van der Waals surface area contributed by atoms with Crippen LogP contribution in [0.1, 0.15) is 46.0 Å². The van der Waals surface area contributed by atoms with E-state index >= 15 is 0 Å². The lowest BCUT2D eigenvalue weighted by Gasteiger charge is -2.36. The number of rotatable bonds is 4. The first-order valence-electron chi connectivity index (χ1n) is 7.61. The first-order valence-corrected chi connectivity index (χ1v) is 7.61. The fourth-order valence-electron chi connectivity index (χ4n) is 3.25. The molecule has 2 rings (SSSR count). The van der Waals surface area contributed by atoms with Crippen LogP contribution in [-0.4, -0.2) is 49.8 Å². The average molecular weight is 254 g/mol. The standard InChI is InChI=1S/C15H30N2O/c1-15(2)12-14(7-11-18-15)16-8-4-13-5-9-17(3)10-6-13/h13-14,16H,4-12H2,1-3H3. The second-order valence-corrected chi connectivity index (χ2v) is 6.79. The second-order valence-electron chi connectivity index (χ2n) is 6.79. The molecule has 18 heavy (non-hydrogen) atoms. The van der Waals surface area contributed by atoms with E-state index in [1.165, 1.54) is 45.3 Å². The highest BCUT2D eigenvalue weighted by atomic mass is 16.5. The number of ether oxygens (including phenoxy) is 1. The Morgan fingerprint density at radius 2 is 1.94 bits per heavy atom. The van der Waals surface area contributed by atoms with Gasteiger partial charge < -0.3 is 15.0 Å². The summed E-state index contributed by atoms with van der Waals surface area (Å²) in [5.41, 5.74) is 0.0729. The maximum absolute atomic E-state index is 5.76. The van der Waals surface area contributed by atoms with E-state index in [-0.39, 0.29) is 5.60 Å². The summed E-state index contributed by atoms with van der Waals surface area (Å²) in [7, 11) is 2.23. The molecule has 1 atom stereocenters. The summed E-state index contributed by atoms with van der Waals surface area (Å²) in [5.74, 6) is 0.946. The van der Waals surface area contributed by atoms with Crippen LogP contribution in [-0.2, 0) is 4.74 Å². The van der Waals surface area contributed by atoms with Crippen LogP contribution in [0, 0.1) is 5.92 Å². The molecule has 106 valence electrons. The summed E-state index contributed by atoms with van der Waals surface area (Å²) in [5, 5.41) is 3.74. The molecule has 0 spiro atoms. The summed E-state index contributed by atoms with van der Waals surface area (Å²) >= 11 is 0. The van der Waals surface area contributed by atoms with Crippen LogP contribution in [0.15, 0.2) is 0 Å². The van der Waals surface area contributed by atoms with Crippen molar-refractivity contribution in [3.05, 3.63) is 0 Å². The number of likely N-dealkylation sites (tertiary alicyclic amines) is 1. The van der Waals surface area contributed by atoms with Crippen molar-refractivity contribution < 1.29 is 4.74 Å². The highest BCUT2D eigenvalue weighted by Crippen LogP contribution is 2.24. The molecule has 1 unspecified atom stereocenters. The Labute approximate surface area is 112 Å². The molecule has 0 aromatic carbocycles. The van der Waals surface area contributed by atoms with Crippen LogP contribution < -0.4 is 5.32 Å². The summed E-state index contributed by atoms with van der Waals surface area (Å²) in [6.07, 6.45) is 6.46. The molecule has 1 N–H and O–H groups in total. The third-order valence-electron chi connectivity index (χ3n) is 4.52. The van der Waals surface area contributed by atoms with E-state index < -0.39 is 0 Å². The third-order valence-corrected chi connectivity index (χ3v) is 4.52. The van der Waals surface area contributed by atoms with Crippen molar-refractivity contribution >= 4 is 0 Å². The number of nitrogens with zero attached hydrogens (tertiary/aromatic N) is 1. The van der Waals surface area contributed by atoms with Crippen molar-refractivity contribution in [2.24, 2.45) is 5.92 Å². The molecule has 3 heteroatoms. The minimum absolute atomic E-state index is 0.0729. The van der Waals surface area contributed by atoms with E-state index in [4.69, 9.17) is 4.74 Å². The van der Waals surface area contributed by atoms with Gasteiger partial charge in [-0.05, 0) is 78.6 Å². The maximum atomic E-state index is 5.76. The number of hydrogen-bond donors (Lipinski definition) is 1. The topological polar surface area (TPSA) is 24.5 Å². The lowest BCUT2D eigenvalue weighted by molar-refractivity contribution is -0.0629. The van der Waals surface area contributed by atoms with E-state index in [1.807, 2.05) is 0 Å². The molecule has 0 aromatic rings. The van der Waals surface area contributed by atoms with Crippen molar-refractivity contribution in [1.29, 1.82) is 0 Å². The SMILES string of the molecule is CN1CCC(CCNC2CCOC(C)(C)C2)CC1. The monoisotopic (exact) mass is 254 g/mol. The number of nitrogens with one attached hydrogen (secondary N) is 1. The summed E-state index contributed by atoms with van der Waals surface area (Å²) in [4.78, 5) is 2.45. The highest BCUT2D eigenvalue weighted by Gasteiger charge is 2.28. The zero-order valence-electron chi connectivity index (χ0n) is 12.4. The van der Waals surface area contributed by atoms with Gasteiger partial charge in [-0.2, -0.15) is 0 Å². The fourth-order valence-corrected chi connectivity index (χ4v) is 3.25. The molecule has 3 nitrogen and oxygen atoms in total. The average Bonchev–Trinajstić information content (AvgIpc) is 2.30. The van der Waals surface area contributed by atoms with Gasteiger partial charge in [-0.25, -0.2) is 0 Å². The highest BCUT2D eigenvalue weighted by molar-refractivity contribution is 4.83. The lowest BCUT2D eigenvalue weighted by atomic mass is 9.92. The molecule has 0 aliphatic carbocycles. The van der Waals surface area contributed by atoms with Gasteiger partial charge in [-0.3, -0.25) is 0 Å². The van der Waals surface area contributed by atoms with Crippen LogP contribution in [0.2, 0.25) is 0 Å². The van der Waals surface area contributed by atoms with Crippen LogP contribution in [0.3, 0.4) is 0 Å². The summed E-state index contributed by atoms with van der Waals surface area (Å²) < 4.78 is 5.76. The Morgan fingerprint density at radius 3 is 2.61 bits per heavy atom. The normalized spacial score (nSPS) is 30.5. The quantitative estimate of drug-likeness (QED) is 0.833. The van der Waals surface area contributed by atoms with Gasteiger partial charge in [0, 0.05) is 12.6 Å². The van der Waals surface area contributed by atoms with Crippen molar-refractivity contribution in [3.8, 4) is 0 Å². The van der Waals surface area contributed by atoms with Crippen molar-refractivity contribution in [2.75, 3.05) is 33.3 Å². The van der Waals surface area contributed by atoms with Gasteiger partial charge in [0.1, 0.15) is 0 Å². The molecule has 0 bridgehead atoms. The second kappa shape index (κ2) is 6.36. The Hall–Kier alpha value is -0.120.